The van der Waals surface area contributed by atoms with Crippen LogP contribution in [0.15, 0.2) is 95.7 Å². The molecule has 2 aromatic heterocycles. The zero-order valence-corrected chi connectivity index (χ0v) is 19.2. The quantitative estimate of drug-likeness (QED) is 0.174. The molecule has 0 aliphatic rings. The minimum Gasteiger partial charge on any atom is -0.497 e. The van der Waals surface area contributed by atoms with Crippen LogP contribution in [-0.2, 0) is 0 Å². The van der Waals surface area contributed by atoms with Crippen LogP contribution in [-0.4, -0.2) is 13.1 Å². The largest absolute Gasteiger partial charge is 0.497 e. The van der Waals surface area contributed by atoms with Gasteiger partial charge in [0.25, 0.3) is 0 Å². The molecule has 5 aromatic rings. The molecule has 168 valence electrons. The van der Waals surface area contributed by atoms with Crippen LogP contribution in [0.2, 0.25) is 0 Å². The second kappa shape index (κ2) is 8.64. The minimum absolute atomic E-state index is 0.163. The van der Waals surface area contributed by atoms with Gasteiger partial charge < -0.3 is 18.3 Å². The molecule has 0 aliphatic carbocycles. The standard InChI is InChI=1S/C26H15BrO7/c1-31-17-5-2-14(3-6-17)25(29)32-18-7-8-19-20(13-24(28)33-23(19)12-18)21-11-15-10-16(27)4-9-22(15)34-26(21)30/h2-13H,1H3. The number of ether oxygens (including phenoxy) is 2. The smallest absolute Gasteiger partial charge is 0.344 e. The normalized spacial score (nSPS) is 11.0. The molecule has 34 heavy (non-hydrogen) atoms. The fraction of sp³-hybridized carbons (Fsp3) is 0.0385. The summed E-state index contributed by atoms with van der Waals surface area (Å²) in [7, 11) is 1.53. The molecule has 0 atom stereocenters. The molecular weight excluding hydrogens is 504 g/mol. The Balaban J connectivity index is 1.56. The van der Waals surface area contributed by atoms with Crippen LogP contribution in [0.4, 0.5) is 0 Å². The molecule has 7 nitrogen and oxygen atoms in total. The van der Waals surface area contributed by atoms with E-state index < -0.39 is 17.2 Å². The Hall–Kier alpha value is -4.17. The number of fused-ring (bicyclic) bond motifs is 2. The Morgan fingerprint density at radius 2 is 1.56 bits per heavy atom. The van der Waals surface area contributed by atoms with Gasteiger partial charge in [0.05, 0.1) is 18.2 Å². The Kier molecular flexibility index (Phi) is 5.51. The maximum absolute atomic E-state index is 12.7. The summed E-state index contributed by atoms with van der Waals surface area (Å²) in [5.41, 5.74) is 0.247. The van der Waals surface area contributed by atoms with Crippen molar-refractivity contribution in [2.24, 2.45) is 0 Å². The molecule has 0 saturated carbocycles. The summed E-state index contributed by atoms with van der Waals surface area (Å²) < 4.78 is 22.1. The SMILES string of the molecule is COc1ccc(C(=O)Oc2ccc3c(-c4cc5cc(Br)ccc5oc4=O)cc(=O)oc3c2)cc1. The molecule has 0 fully saturated rings. The molecule has 0 N–H and O–H groups in total. The van der Waals surface area contributed by atoms with Crippen molar-refractivity contribution >= 4 is 43.8 Å². The van der Waals surface area contributed by atoms with Crippen LogP contribution >= 0.6 is 15.9 Å². The molecule has 8 heteroatoms. The highest BCUT2D eigenvalue weighted by atomic mass is 79.9. The van der Waals surface area contributed by atoms with Crippen molar-refractivity contribution in [3.8, 4) is 22.6 Å². The topological polar surface area (TPSA) is 96.0 Å². The third-order valence-electron chi connectivity index (χ3n) is 5.24. The first kappa shape index (κ1) is 21.7. The molecule has 0 amide bonds. The van der Waals surface area contributed by atoms with Crippen LogP contribution in [0.25, 0.3) is 33.1 Å². The molecule has 0 radical (unpaired) electrons. The van der Waals surface area contributed by atoms with Gasteiger partial charge in [0.15, 0.2) is 0 Å². The fourth-order valence-electron chi connectivity index (χ4n) is 3.60. The van der Waals surface area contributed by atoms with Gasteiger partial charge in [-0.15, -0.1) is 0 Å². The summed E-state index contributed by atoms with van der Waals surface area (Å²) in [6.07, 6.45) is 0. The van der Waals surface area contributed by atoms with Crippen molar-refractivity contribution in [2.75, 3.05) is 7.11 Å². The molecule has 2 heterocycles. The molecule has 5 rings (SSSR count). The molecule has 3 aromatic carbocycles. The maximum Gasteiger partial charge on any atom is 0.344 e. The van der Waals surface area contributed by atoms with E-state index in [0.717, 1.165) is 4.47 Å². The van der Waals surface area contributed by atoms with Crippen molar-refractivity contribution in [1.82, 2.24) is 0 Å². The van der Waals surface area contributed by atoms with Gasteiger partial charge in [0.1, 0.15) is 22.7 Å². The van der Waals surface area contributed by atoms with E-state index in [-0.39, 0.29) is 16.9 Å². The van der Waals surface area contributed by atoms with Crippen molar-refractivity contribution in [3.05, 3.63) is 104 Å². The maximum atomic E-state index is 12.7. The molecule has 0 saturated heterocycles. The Morgan fingerprint density at radius 1 is 0.794 bits per heavy atom. The summed E-state index contributed by atoms with van der Waals surface area (Å²) in [5, 5.41) is 1.18. The lowest BCUT2D eigenvalue weighted by Crippen LogP contribution is -2.09. The Morgan fingerprint density at radius 3 is 2.32 bits per heavy atom. The third kappa shape index (κ3) is 4.11. The number of rotatable bonds is 4. The highest BCUT2D eigenvalue weighted by molar-refractivity contribution is 9.10. The van der Waals surface area contributed by atoms with E-state index in [1.807, 2.05) is 6.07 Å². The molecule has 0 bridgehead atoms. The van der Waals surface area contributed by atoms with E-state index in [1.165, 1.54) is 19.2 Å². The van der Waals surface area contributed by atoms with Crippen molar-refractivity contribution in [2.45, 2.75) is 0 Å². The first-order valence-corrected chi connectivity index (χ1v) is 10.9. The number of methoxy groups -OCH3 is 1. The van der Waals surface area contributed by atoms with Crippen LogP contribution in [0, 0.1) is 0 Å². The van der Waals surface area contributed by atoms with Crippen LogP contribution in [0.1, 0.15) is 10.4 Å². The second-order valence-corrected chi connectivity index (χ2v) is 8.30. The molecule has 0 aliphatic heterocycles. The summed E-state index contributed by atoms with van der Waals surface area (Å²) in [6.45, 7) is 0. The first-order valence-electron chi connectivity index (χ1n) is 10.1. The van der Waals surface area contributed by atoms with Crippen LogP contribution in [0.3, 0.4) is 0 Å². The van der Waals surface area contributed by atoms with Gasteiger partial charge in [-0.05, 0) is 60.7 Å². The van der Waals surface area contributed by atoms with Gasteiger partial charge in [0.2, 0.25) is 0 Å². The number of carbonyl (C=O) groups is 1. The number of hydrogen-bond acceptors (Lipinski definition) is 7. The van der Waals surface area contributed by atoms with Crippen molar-refractivity contribution in [1.29, 1.82) is 0 Å². The van der Waals surface area contributed by atoms with E-state index in [2.05, 4.69) is 15.9 Å². The lowest BCUT2D eigenvalue weighted by molar-refractivity contribution is 0.0735. The molecule has 0 unspecified atom stereocenters. The summed E-state index contributed by atoms with van der Waals surface area (Å²) in [6, 6.07) is 19.2. The molecule has 0 spiro atoms. The lowest BCUT2D eigenvalue weighted by atomic mass is 10.0. The Bertz CT molecular complexity index is 1680. The average molecular weight is 519 g/mol. The first-order chi connectivity index (χ1) is 16.4. The number of carbonyl (C=O) groups excluding carboxylic acids is 1. The highest BCUT2D eigenvalue weighted by Crippen LogP contribution is 2.30. The van der Waals surface area contributed by atoms with Gasteiger partial charge in [-0.25, -0.2) is 14.4 Å². The van der Waals surface area contributed by atoms with Gasteiger partial charge in [-0.3, -0.25) is 0 Å². The fourth-order valence-corrected chi connectivity index (χ4v) is 3.98. The van der Waals surface area contributed by atoms with Gasteiger partial charge in [-0.1, -0.05) is 15.9 Å². The van der Waals surface area contributed by atoms with Crippen LogP contribution in [0.5, 0.6) is 11.5 Å². The average Bonchev–Trinajstić information content (AvgIpc) is 2.83. The van der Waals surface area contributed by atoms with E-state index in [0.29, 0.717) is 33.2 Å². The predicted molar refractivity (Wildman–Crippen MR) is 130 cm³/mol. The zero-order valence-electron chi connectivity index (χ0n) is 17.7. The van der Waals surface area contributed by atoms with E-state index >= 15 is 0 Å². The van der Waals surface area contributed by atoms with Crippen molar-refractivity contribution < 1.29 is 23.1 Å². The monoisotopic (exact) mass is 518 g/mol. The Labute approximate surface area is 200 Å². The second-order valence-electron chi connectivity index (χ2n) is 7.38. The summed E-state index contributed by atoms with van der Waals surface area (Å²) in [4.78, 5) is 37.5. The van der Waals surface area contributed by atoms with E-state index in [9.17, 15) is 14.4 Å². The zero-order chi connectivity index (χ0) is 23.8. The summed E-state index contributed by atoms with van der Waals surface area (Å²) in [5.74, 6) is 0.214. The van der Waals surface area contributed by atoms with E-state index in [1.54, 1.807) is 54.6 Å². The van der Waals surface area contributed by atoms with E-state index in [4.69, 9.17) is 18.3 Å². The van der Waals surface area contributed by atoms with Gasteiger partial charge in [-0.2, -0.15) is 0 Å². The van der Waals surface area contributed by atoms with Crippen LogP contribution < -0.4 is 20.7 Å². The third-order valence-corrected chi connectivity index (χ3v) is 5.73. The molecular formula is C26H15BrO7. The van der Waals surface area contributed by atoms with Crippen molar-refractivity contribution in [3.63, 3.8) is 0 Å². The minimum atomic E-state index is -0.658. The summed E-state index contributed by atoms with van der Waals surface area (Å²) >= 11 is 3.40. The van der Waals surface area contributed by atoms with Gasteiger partial charge in [0, 0.05) is 32.9 Å². The predicted octanol–water partition coefficient (Wildman–Crippen LogP) is 5.56. The number of esters is 1. The number of hydrogen-bond donors (Lipinski definition) is 0. The number of benzene rings is 3. The van der Waals surface area contributed by atoms with Gasteiger partial charge >= 0.3 is 17.2 Å². The highest BCUT2D eigenvalue weighted by Gasteiger charge is 2.16. The number of halogens is 1. The lowest BCUT2D eigenvalue weighted by Gasteiger charge is -2.09.